The summed E-state index contributed by atoms with van der Waals surface area (Å²) < 4.78 is 0. The second kappa shape index (κ2) is 7.87. The highest BCUT2D eigenvalue weighted by Gasteiger charge is 2.29. The van der Waals surface area contributed by atoms with Gasteiger partial charge in [-0.1, -0.05) is 6.92 Å². The van der Waals surface area contributed by atoms with Crippen LogP contribution >= 0.6 is 11.3 Å². The number of carbonyl (C=O) groups is 1. The second-order valence-corrected chi connectivity index (χ2v) is 6.76. The molecular formula is C15H25N3O2S. The molecule has 0 saturated heterocycles. The Labute approximate surface area is 130 Å². The highest BCUT2D eigenvalue weighted by Crippen LogP contribution is 2.27. The predicted octanol–water partition coefficient (Wildman–Crippen LogP) is 2.19. The van der Waals surface area contributed by atoms with Gasteiger partial charge in [-0.15, -0.1) is 11.3 Å². The van der Waals surface area contributed by atoms with Crippen LogP contribution in [0.1, 0.15) is 43.2 Å². The van der Waals surface area contributed by atoms with Crippen molar-refractivity contribution in [2.24, 2.45) is 0 Å². The lowest BCUT2D eigenvalue weighted by Gasteiger charge is -2.20. The average Bonchev–Trinajstić information content (AvgIpc) is 3.22. The number of nitrogens with zero attached hydrogens (tertiary/aromatic N) is 2. The standard InChI is InChI=1S/C15H25N3O2S/c1-3-13-11(2)21-15(16-13)17-14(20)10-18(12-6-7-12)8-4-5-9-19/h12,19H,3-10H2,1-2H3,(H,16,17,20). The fraction of sp³-hybridized carbons (Fsp3) is 0.733. The van der Waals surface area contributed by atoms with Gasteiger partial charge in [0.15, 0.2) is 5.13 Å². The molecular weight excluding hydrogens is 286 g/mol. The number of aryl methyl sites for hydroxylation is 2. The van der Waals surface area contributed by atoms with Crippen molar-refractivity contribution >= 4 is 22.4 Å². The number of aliphatic hydroxyl groups is 1. The molecule has 1 aromatic rings. The minimum absolute atomic E-state index is 0.0160. The number of carbonyl (C=O) groups excluding carboxylic acids is 1. The number of aliphatic hydroxyl groups excluding tert-OH is 1. The molecule has 1 aliphatic rings. The predicted molar refractivity (Wildman–Crippen MR) is 85.8 cm³/mol. The maximum Gasteiger partial charge on any atom is 0.240 e. The Bertz CT molecular complexity index is 471. The first-order valence-electron chi connectivity index (χ1n) is 7.75. The van der Waals surface area contributed by atoms with Gasteiger partial charge < -0.3 is 10.4 Å². The second-order valence-electron chi connectivity index (χ2n) is 5.56. The lowest BCUT2D eigenvalue weighted by atomic mass is 10.3. The van der Waals surface area contributed by atoms with E-state index in [9.17, 15) is 4.79 Å². The van der Waals surface area contributed by atoms with E-state index in [2.05, 4.69) is 22.1 Å². The SMILES string of the molecule is CCc1nc(NC(=O)CN(CCCCO)C2CC2)sc1C. The molecule has 0 aromatic carbocycles. The van der Waals surface area contributed by atoms with Gasteiger partial charge in [-0.25, -0.2) is 4.98 Å². The third kappa shape index (κ3) is 5.05. The van der Waals surface area contributed by atoms with E-state index in [0.29, 0.717) is 17.7 Å². The van der Waals surface area contributed by atoms with E-state index in [1.807, 2.05) is 6.92 Å². The van der Waals surface area contributed by atoms with Crippen molar-refractivity contribution in [2.75, 3.05) is 25.0 Å². The number of hydrogen-bond donors (Lipinski definition) is 2. The summed E-state index contributed by atoms with van der Waals surface area (Å²) in [6, 6.07) is 0.554. The summed E-state index contributed by atoms with van der Waals surface area (Å²) in [5.41, 5.74) is 1.07. The van der Waals surface area contributed by atoms with E-state index >= 15 is 0 Å². The van der Waals surface area contributed by atoms with Gasteiger partial charge in [0.05, 0.1) is 12.2 Å². The highest BCUT2D eigenvalue weighted by atomic mass is 32.1. The van der Waals surface area contributed by atoms with Crippen LogP contribution in [-0.4, -0.2) is 46.6 Å². The molecule has 0 spiro atoms. The minimum Gasteiger partial charge on any atom is -0.396 e. The molecule has 2 N–H and O–H groups in total. The fourth-order valence-electron chi connectivity index (χ4n) is 2.41. The number of thiazole rings is 1. The summed E-state index contributed by atoms with van der Waals surface area (Å²) in [7, 11) is 0. The Balaban J connectivity index is 1.83. The van der Waals surface area contributed by atoms with E-state index in [-0.39, 0.29) is 12.5 Å². The van der Waals surface area contributed by atoms with Gasteiger partial charge in [0.1, 0.15) is 0 Å². The molecule has 21 heavy (non-hydrogen) atoms. The molecule has 1 saturated carbocycles. The zero-order valence-corrected chi connectivity index (χ0v) is 13.7. The van der Waals surface area contributed by atoms with Crippen LogP contribution in [0.2, 0.25) is 0 Å². The number of unbranched alkanes of at least 4 members (excludes halogenated alkanes) is 1. The summed E-state index contributed by atoms with van der Waals surface area (Å²) in [6.07, 6.45) is 5.01. The molecule has 0 aliphatic heterocycles. The highest BCUT2D eigenvalue weighted by molar-refractivity contribution is 7.15. The van der Waals surface area contributed by atoms with Crippen molar-refractivity contribution in [2.45, 2.75) is 52.0 Å². The van der Waals surface area contributed by atoms with Crippen molar-refractivity contribution in [1.82, 2.24) is 9.88 Å². The summed E-state index contributed by atoms with van der Waals surface area (Å²) in [4.78, 5) is 20.0. The number of nitrogens with one attached hydrogen (secondary N) is 1. The molecule has 118 valence electrons. The number of rotatable bonds is 9. The largest absolute Gasteiger partial charge is 0.396 e. The average molecular weight is 311 g/mol. The van der Waals surface area contributed by atoms with Gasteiger partial charge >= 0.3 is 0 Å². The Morgan fingerprint density at radius 1 is 1.48 bits per heavy atom. The molecule has 1 aromatic heterocycles. The van der Waals surface area contributed by atoms with Crippen molar-refractivity contribution < 1.29 is 9.90 Å². The van der Waals surface area contributed by atoms with Gasteiger partial charge in [-0.05, 0) is 45.6 Å². The first-order valence-corrected chi connectivity index (χ1v) is 8.56. The van der Waals surface area contributed by atoms with Crippen LogP contribution in [0.5, 0.6) is 0 Å². The van der Waals surface area contributed by atoms with E-state index in [4.69, 9.17) is 5.11 Å². The molecule has 1 fully saturated rings. The van der Waals surface area contributed by atoms with E-state index < -0.39 is 0 Å². The molecule has 6 heteroatoms. The monoisotopic (exact) mass is 311 g/mol. The molecule has 2 rings (SSSR count). The molecule has 5 nitrogen and oxygen atoms in total. The van der Waals surface area contributed by atoms with Crippen LogP contribution < -0.4 is 5.32 Å². The minimum atomic E-state index is 0.0160. The third-order valence-corrected chi connectivity index (χ3v) is 4.67. The Kier molecular flexibility index (Phi) is 6.14. The maximum absolute atomic E-state index is 12.2. The molecule has 0 radical (unpaired) electrons. The normalized spacial score (nSPS) is 14.7. The van der Waals surface area contributed by atoms with Gasteiger partial charge in [0.25, 0.3) is 0 Å². The van der Waals surface area contributed by atoms with Crippen LogP contribution in [-0.2, 0) is 11.2 Å². The summed E-state index contributed by atoms with van der Waals surface area (Å²) in [5.74, 6) is 0.0160. The van der Waals surface area contributed by atoms with Crippen LogP contribution in [0.15, 0.2) is 0 Å². The number of anilines is 1. The van der Waals surface area contributed by atoms with Gasteiger partial charge in [-0.3, -0.25) is 9.69 Å². The Morgan fingerprint density at radius 3 is 2.81 bits per heavy atom. The molecule has 1 aliphatic carbocycles. The number of amides is 1. The van der Waals surface area contributed by atoms with Crippen LogP contribution in [0.3, 0.4) is 0 Å². The zero-order chi connectivity index (χ0) is 15.2. The van der Waals surface area contributed by atoms with Crippen molar-refractivity contribution in [3.05, 3.63) is 10.6 Å². The lowest BCUT2D eigenvalue weighted by molar-refractivity contribution is -0.117. The van der Waals surface area contributed by atoms with Crippen LogP contribution in [0.25, 0.3) is 0 Å². The first kappa shape index (κ1) is 16.4. The molecule has 0 unspecified atom stereocenters. The number of hydrogen-bond acceptors (Lipinski definition) is 5. The Hall–Kier alpha value is -0.980. The quantitative estimate of drug-likeness (QED) is 0.686. The maximum atomic E-state index is 12.2. The van der Waals surface area contributed by atoms with Gasteiger partial charge in [0, 0.05) is 17.5 Å². The van der Waals surface area contributed by atoms with Crippen molar-refractivity contribution in [3.63, 3.8) is 0 Å². The molecule has 0 bridgehead atoms. The third-order valence-electron chi connectivity index (χ3n) is 3.74. The van der Waals surface area contributed by atoms with Crippen molar-refractivity contribution in [1.29, 1.82) is 0 Å². The molecule has 0 atom stereocenters. The van der Waals surface area contributed by atoms with Gasteiger partial charge in [0.2, 0.25) is 5.91 Å². The first-order chi connectivity index (χ1) is 10.1. The number of aromatic nitrogens is 1. The summed E-state index contributed by atoms with van der Waals surface area (Å²) in [5, 5.41) is 12.5. The van der Waals surface area contributed by atoms with Crippen LogP contribution in [0, 0.1) is 6.92 Å². The summed E-state index contributed by atoms with van der Waals surface area (Å²) >= 11 is 1.55. The molecule has 1 heterocycles. The smallest absolute Gasteiger partial charge is 0.240 e. The van der Waals surface area contributed by atoms with E-state index in [1.165, 1.54) is 17.7 Å². The Morgan fingerprint density at radius 2 is 2.24 bits per heavy atom. The van der Waals surface area contributed by atoms with Crippen molar-refractivity contribution in [3.8, 4) is 0 Å². The molecule has 1 amide bonds. The van der Waals surface area contributed by atoms with E-state index in [1.54, 1.807) is 11.3 Å². The fourth-order valence-corrected chi connectivity index (χ4v) is 3.33. The topological polar surface area (TPSA) is 65.5 Å². The zero-order valence-electron chi connectivity index (χ0n) is 12.9. The lowest BCUT2D eigenvalue weighted by Crippen LogP contribution is -2.35. The van der Waals surface area contributed by atoms with Gasteiger partial charge in [-0.2, -0.15) is 0 Å². The van der Waals surface area contributed by atoms with Crippen LogP contribution in [0.4, 0.5) is 5.13 Å². The van der Waals surface area contributed by atoms with E-state index in [0.717, 1.165) is 31.5 Å². The summed E-state index contributed by atoms with van der Waals surface area (Å²) in [6.45, 7) is 5.65.